The van der Waals surface area contributed by atoms with Gasteiger partial charge < -0.3 is 29.6 Å². The van der Waals surface area contributed by atoms with E-state index < -0.39 is 11.6 Å². The Hall–Kier alpha value is -8.64. The maximum atomic E-state index is 12.0. The fraction of sp³-hybridized carbons (Fsp3) is 0.407. The van der Waals surface area contributed by atoms with Gasteiger partial charge in [0.2, 0.25) is 11.6 Å². The highest BCUT2D eigenvalue weighted by Gasteiger charge is 2.48. The maximum Gasteiger partial charge on any atom is 0.290 e. The Balaban J connectivity index is 0.000000131. The van der Waals surface area contributed by atoms with Crippen LogP contribution in [0.5, 0.6) is 0 Å². The Morgan fingerprint density at radius 2 is 0.492 bits per heavy atom. The number of hydrogen-bond donors (Lipinski definition) is 4. The first-order valence-corrected chi connectivity index (χ1v) is 48.7. The molecule has 0 bridgehead atoms. The largest absolute Gasteiger partial charge is 0.340 e. The third-order valence-corrected chi connectivity index (χ3v) is 32.6. The first-order chi connectivity index (χ1) is 60.0. The molecule has 8 aromatic rings. The van der Waals surface area contributed by atoms with Gasteiger partial charge in [0, 0.05) is 33.1 Å². The third kappa shape index (κ3) is 19.0. The molecule has 0 spiro atoms. The Morgan fingerprint density at radius 3 is 0.742 bits per heavy atom. The molecule has 18 rings (SSSR count). The second-order valence-electron chi connectivity index (χ2n) is 41.9. The van der Waals surface area contributed by atoms with Crippen LogP contribution in [0.25, 0.3) is 24.3 Å². The molecule has 4 aliphatic carbocycles. The highest BCUT2D eigenvalue weighted by molar-refractivity contribution is 8.27. The summed E-state index contributed by atoms with van der Waals surface area (Å²) in [6.45, 7) is 48.8. The summed E-state index contributed by atoms with van der Waals surface area (Å²) in [5.41, 5.74) is 25.4. The van der Waals surface area contributed by atoms with Gasteiger partial charge in [-0.15, -0.1) is 0 Å². The van der Waals surface area contributed by atoms with Crippen LogP contribution >= 0.6 is 71.5 Å². The fourth-order valence-corrected chi connectivity index (χ4v) is 23.0. The molecule has 0 aromatic heterocycles. The van der Waals surface area contributed by atoms with Crippen LogP contribution in [-0.4, -0.2) is 69.2 Å². The lowest BCUT2D eigenvalue weighted by atomic mass is 9.62. The van der Waals surface area contributed by atoms with Crippen molar-refractivity contribution in [2.24, 2.45) is 0 Å². The second kappa shape index (κ2) is 35.1. The molecule has 10 aliphatic rings. The normalized spacial score (nSPS) is 22.7. The molecule has 4 N–H and O–H groups in total. The van der Waals surface area contributed by atoms with Crippen molar-refractivity contribution in [2.45, 2.75) is 256 Å². The minimum Gasteiger partial charge on any atom is -0.340 e. The molecule has 6 amide bonds. The maximum absolute atomic E-state index is 12.0. The number of imide groups is 2. The SMILES string of the molecule is CC1(C)CCC(C)(C)c2cc(C(C)(C)c3ccc(/C=C4\SC(=O)NC4=O)cc3)ccc21.CC1(C)CCC(C)(C)c2cc(C(C)(C)c3ccc(/C=C4\SC(=S)NC4=O)cc3)ccc21.CC1(C)CCC(C)(C)c2cc(C3(c4ccc(/C=C5\SC(=O)NC5=O)cc4)OCCO3)ccc21.CC1(C)CCC(C)(C)c2cc(C3(c4ccc(/C=C5\SC(=S)NC5=O)cc4)OCCO3)ccc21. The molecule has 0 unspecified atom stereocenters. The number of rotatable bonds is 12. The number of nitrogens with one attached hydrogen (secondary N) is 4. The number of carbonyl (C=O) groups is 6. The second-order valence-corrected chi connectivity index (χ2v) is 47.4. The summed E-state index contributed by atoms with van der Waals surface area (Å²) >= 11 is 14.6. The zero-order valence-electron chi connectivity index (χ0n) is 77.5. The molecule has 668 valence electrons. The smallest absolute Gasteiger partial charge is 0.290 e. The highest BCUT2D eigenvalue weighted by Crippen LogP contribution is 2.54. The van der Waals surface area contributed by atoms with Crippen molar-refractivity contribution in [1.29, 1.82) is 0 Å². The van der Waals surface area contributed by atoms with Crippen molar-refractivity contribution in [3.63, 3.8) is 0 Å². The molecule has 0 saturated carbocycles. The van der Waals surface area contributed by atoms with Gasteiger partial charge >= 0.3 is 0 Å². The average molecular weight is 1830 g/mol. The summed E-state index contributed by atoms with van der Waals surface area (Å²) in [7, 11) is 0. The number of amides is 6. The first-order valence-electron chi connectivity index (χ1n) is 44.6. The van der Waals surface area contributed by atoms with Crippen LogP contribution in [0.1, 0.15) is 301 Å². The van der Waals surface area contributed by atoms with Gasteiger partial charge in [0.25, 0.3) is 34.1 Å². The van der Waals surface area contributed by atoms with E-state index in [4.69, 9.17) is 43.4 Å². The number of benzene rings is 8. The lowest BCUT2D eigenvalue weighted by molar-refractivity contribution is -0.130. The fourth-order valence-electron chi connectivity index (χ4n) is 19.6. The quantitative estimate of drug-likeness (QED) is 0.0667. The molecule has 6 saturated heterocycles. The molecule has 6 fully saturated rings. The minimum absolute atomic E-state index is 0.0909. The zero-order valence-corrected chi connectivity index (χ0v) is 82.4. The summed E-state index contributed by atoms with van der Waals surface area (Å²) in [5.74, 6) is -2.80. The number of carbonyl (C=O) groups excluding carboxylic acids is 6. The Kier molecular flexibility index (Phi) is 25.8. The van der Waals surface area contributed by atoms with Crippen molar-refractivity contribution in [1.82, 2.24) is 21.3 Å². The predicted octanol–water partition coefficient (Wildman–Crippen LogP) is 24.9. The van der Waals surface area contributed by atoms with Crippen LogP contribution < -0.4 is 21.3 Å². The zero-order chi connectivity index (χ0) is 92.1. The van der Waals surface area contributed by atoms with Gasteiger partial charge in [-0.25, -0.2) is 0 Å². The summed E-state index contributed by atoms with van der Waals surface area (Å²) in [4.78, 5) is 72.5. The number of hydrogen-bond acceptors (Lipinski definition) is 16. The third-order valence-electron chi connectivity index (χ3n) is 28.6. The topological polar surface area (TPSA) is 187 Å². The van der Waals surface area contributed by atoms with Crippen molar-refractivity contribution in [3.8, 4) is 0 Å². The monoisotopic (exact) mass is 1820 g/mol. The van der Waals surface area contributed by atoms with Crippen molar-refractivity contribution in [3.05, 3.63) is 301 Å². The van der Waals surface area contributed by atoms with Crippen molar-refractivity contribution >= 4 is 139 Å². The van der Waals surface area contributed by atoms with Gasteiger partial charge in [-0.2, -0.15) is 0 Å². The molecule has 14 nitrogen and oxygen atoms in total. The summed E-state index contributed by atoms with van der Waals surface area (Å²) in [6, 6.07) is 60.3. The van der Waals surface area contributed by atoms with Crippen LogP contribution in [0.3, 0.4) is 0 Å². The standard InChI is InChI=1S/C27H29NO4S.C27H29NO3S2.C27H31NO2S.C27H31NOS2/c1-25(2)11-12-26(3,4)21-16-19(9-10-20(21)25)27(31-13-14-32-27)18-7-5-17(6-8-18)15-22-23(29)28-24(30)33-22;1-25(2)11-12-26(3,4)21-16-19(9-10-20(21)25)27(30-13-14-31-27)18-7-5-17(6-8-18)15-22-23(29)28-24(32)33-22;2*1-25(2)13-14-26(3,4)21-16-19(11-12-20(21)25)27(5,6)18-9-7-17(8-10-18)15-22-23(29)28-24(30)31-22/h5-10,15-16H,11-14H2,1-4H3,(H,28,29,30);5-10,15-16H,11-14H2,1-4H3,(H,28,29,32);2*7-12,15-16H,13-14H2,1-6H3,(H,28,29,30)/b4*22-15-. The van der Waals surface area contributed by atoms with Crippen LogP contribution in [0, 0.1) is 0 Å². The van der Waals surface area contributed by atoms with Crippen LogP contribution in [0.2, 0.25) is 0 Å². The number of fused-ring (bicyclic) bond motifs is 4. The van der Waals surface area contributed by atoms with E-state index in [1.54, 1.807) is 12.2 Å². The predicted molar refractivity (Wildman–Crippen MR) is 533 cm³/mol. The van der Waals surface area contributed by atoms with E-state index >= 15 is 0 Å². The van der Waals surface area contributed by atoms with Crippen molar-refractivity contribution in [2.75, 3.05) is 26.4 Å². The molecule has 128 heavy (non-hydrogen) atoms. The van der Waals surface area contributed by atoms with Gasteiger partial charge in [-0.3, -0.25) is 39.4 Å². The van der Waals surface area contributed by atoms with Crippen LogP contribution in [-0.2, 0) is 104 Å². The number of thioether (sulfide) groups is 4. The lowest BCUT2D eigenvalue weighted by Gasteiger charge is -2.43. The van der Waals surface area contributed by atoms with Crippen molar-refractivity contribution < 1.29 is 47.7 Å². The molecule has 0 radical (unpaired) electrons. The van der Waals surface area contributed by atoms with Gasteiger partial charge in [-0.1, -0.05) is 344 Å². The Labute approximate surface area is 784 Å². The van der Waals surface area contributed by atoms with Gasteiger partial charge in [0.05, 0.1) is 46.0 Å². The van der Waals surface area contributed by atoms with E-state index in [1.807, 2.05) is 72.8 Å². The summed E-state index contributed by atoms with van der Waals surface area (Å²) in [5, 5.41) is 9.25. The van der Waals surface area contributed by atoms with Gasteiger partial charge in [0.1, 0.15) is 8.64 Å². The molecule has 20 heteroatoms. The highest BCUT2D eigenvalue weighted by atomic mass is 32.2. The Morgan fingerprint density at radius 1 is 0.273 bits per heavy atom. The van der Waals surface area contributed by atoms with E-state index in [0.717, 1.165) is 80.9 Å². The van der Waals surface area contributed by atoms with E-state index in [-0.39, 0.29) is 88.3 Å². The number of thiocarbonyl (C=S) groups is 2. The van der Waals surface area contributed by atoms with E-state index in [1.165, 1.54) is 129 Å². The lowest BCUT2D eigenvalue weighted by Crippen LogP contribution is -2.35. The van der Waals surface area contributed by atoms with Crippen LogP contribution in [0.4, 0.5) is 9.59 Å². The van der Waals surface area contributed by atoms with Gasteiger partial charge in [-0.05, 0) is 244 Å². The van der Waals surface area contributed by atoms with E-state index in [0.29, 0.717) is 54.7 Å². The first kappa shape index (κ1) is 94.0. The molecule has 8 aromatic carbocycles. The molecular weight excluding hydrogens is 1710 g/mol. The number of ether oxygens (including phenoxy) is 4. The minimum atomic E-state index is -0.951. The molecular formula is C108H120N4O10S6. The molecule has 0 atom stereocenters. The summed E-state index contributed by atoms with van der Waals surface area (Å²) in [6.07, 6.45) is 16.8. The Bertz CT molecular complexity index is 5580. The average Bonchev–Trinajstić information content (AvgIpc) is 1.37. The summed E-state index contributed by atoms with van der Waals surface area (Å²) < 4.78 is 26.2. The van der Waals surface area contributed by atoms with E-state index in [2.05, 4.69) is 269 Å². The van der Waals surface area contributed by atoms with Gasteiger partial charge in [0.15, 0.2) is 0 Å². The van der Waals surface area contributed by atoms with E-state index in [9.17, 15) is 28.8 Å². The van der Waals surface area contributed by atoms with Crippen LogP contribution in [0.15, 0.2) is 189 Å². The molecule has 6 aliphatic heterocycles. The molecule has 6 heterocycles.